The number of ether oxygens (including phenoxy) is 3. The Morgan fingerprint density at radius 3 is 2.59 bits per heavy atom. The zero-order valence-corrected chi connectivity index (χ0v) is 16.6. The van der Waals surface area contributed by atoms with E-state index in [2.05, 4.69) is 35.1 Å². The second-order valence-corrected chi connectivity index (χ2v) is 6.49. The van der Waals surface area contributed by atoms with Gasteiger partial charge in [0.25, 0.3) is 0 Å². The van der Waals surface area contributed by atoms with E-state index in [4.69, 9.17) is 14.2 Å². The summed E-state index contributed by atoms with van der Waals surface area (Å²) in [5.41, 5.74) is 3.13. The maximum absolute atomic E-state index is 6.07. The van der Waals surface area contributed by atoms with E-state index in [1.54, 1.807) is 14.2 Å². The SMILES string of the molecule is CCN(CC)CCNC1c2cc(OC)c(OC)cc2OCc2ncccc21. The maximum atomic E-state index is 6.07. The van der Waals surface area contributed by atoms with Gasteiger partial charge in [0, 0.05) is 30.9 Å². The molecule has 27 heavy (non-hydrogen) atoms. The highest BCUT2D eigenvalue weighted by Crippen LogP contribution is 2.41. The number of rotatable bonds is 8. The molecule has 1 atom stereocenters. The van der Waals surface area contributed by atoms with Gasteiger partial charge in [0.2, 0.25) is 0 Å². The highest BCUT2D eigenvalue weighted by molar-refractivity contribution is 5.55. The predicted octanol–water partition coefficient (Wildman–Crippen LogP) is 3.01. The average molecular weight is 371 g/mol. The Morgan fingerprint density at radius 1 is 1.15 bits per heavy atom. The van der Waals surface area contributed by atoms with Crippen LogP contribution in [0.4, 0.5) is 0 Å². The average Bonchev–Trinajstić information content (AvgIpc) is 2.87. The Balaban J connectivity index is 1.96. The van der Waals surface area contributed by atoms with Crippen LogP contribution in [0.2, 0.25) is 0 Å². The van der Waals surface area contributed by atoms with Crippen molar-refractivity contribution < 1.29 is 14.2 Å². The van der Waals surface area contributed by atoms with Gasteiger partial charge >= 0.3 is 0 Å². The Bertz CT molecular complexity index is 762. The van der Waals surface area contributed by atoms with Crippen molar-refractivity contribution >= 4 is 0 Å². The smallest absolute Gasteiger partial charge is 0.164 e. The van der Waals surface area contributed by atoms with Gasteiger partial charge in [-0.3, -0.25) is 4.98 Å². The topological polar surface area (TPSA) is 55.9 Å². The van der Waals surface area contributed by atoms with E-state index < -0.39 is 0 Å². The highest BCUT2D eigenvalue weighted by atomic mass is 16.5. The normalized spacial score (nSPS) is 15.5. The van der Waals surface area contributed by atoms with E-state index >= 15 is 0 Å². The van der Waals surface area contributed by atoms with Crippen LogP contribution in [0.15, 0.2) is 30.5 Å². The molecule has 146 valence electrons. The van der Waals surface area contributed by atoms with E-state index in [1.807, 2.05) is 24.4 Å². The largest absolute Gasteiger partial charge is 0.493 e. The second kappa shape index (κ2) is 9.06. The fourth-order valence-corrected chi connectivity index (χ4v) is 3.50. The Labute approximate surface area is 161 Å². The number of aromatic nitrogens is 1. The van der Waals surface area contributed by atoms with Crippen LogP contribution in [-0.2, 0) is 6.61 Å². The maximum Gasteiger partial charge on any atom is 0.164 e. The van der Waals surface area contributed by atoms with Gasteiger partial charge in [0.15, 0.2) is 11.5 Å². The molecule has 0 bridgehead atoms. The van der Waals surface area contributed by atoms with Gasteiger partial charge in [0.05, 0.1) is 26.0 Å². The van der Waals surface area contributed by atoms with Crippen molar-refractivity contribution in [1.82, 2.24) is 15.2 Å². The molecule has 0 saturated carbocycles. The molecule has 2 heterocycles. The van der Waals surface area contributed by atoms with Crippen molar-refractivity contribution in [2.24, 2.45) is 0 Å². The van der Waals surface area contributed by atoms with Crippen LogP contribution in [0.1, 0.15) is 36.7 Å². The van der Waals surface area contributed by atoms with Crippen molar-refractivity contribution in [2.75, 3.05) is 40.4 Å². The molecule has 1 unspecified atom stereocenters. The van der Waals surface area contributed by atoms with E-state index in [1.165, 1.54) is 0 Å². The monoisotopic (exact) mass is 371 g/mol. The molecule has 1 aliphatic heterocycles. The number of hydrogen-bond donors (Lipinski definition) is 1. The Kier molecular flexibility index (Phi) is 6.53. The van der Waals surface area contributed by atoms with Crippen molar-refractivity contribution in [2.45, 2.75) is 26.5 Å². The molecule has 1 aromatic heterocycles. The van der Waals surface area contributed by atoms with Crippen molar-refractivity contribution in [3.8, 4) is 17.2 Å². The molecule has 3 rings (SSSR count). The number of fused-ring (bicyclic) bond motifs is 2. The number of hydrogen-bond acceptors (Lipinski definition) is 6. The molecular formula is C21H29N3O3. The van der Waals surface area contributed by atoms with Gasteiger partial charge in [-0.25, -0.2) is 0 Å². The fourth-order valence-electron chi connectivity index (χ4n) is 3.50. The minimum absolute atomic E-state index is 0.0124. The lowest BCUT2D eigenvalue weighted by Gasteiger charge is -2.24. The molecule has 0 amide bonds. The van der Waals surface area contributed by atoms with Gasteiger partial charge in [-0.2, -0.15) is 0 Å². The van der Waals surface area contributed by atoms with Crippen LogP contribution in [0.5, 0.6) is 17.2 Å². The number of likely N-dealkylation sites (N-methyl/N-ethyl adjacent to an activating group) is 1. The molecule has 6 heteroatoms. The predicted molar refractivity (Wildman–Crippen MR) is 106 cm³/mol. The van der Waals surface area contributed by atoms with Crippen LogP contribution >= 0.6 is 0 Å². The molecule has 1 N–H and O–H groups in total. The summed E-state index contributed by atoms with van der Waals surface area (Å²) < 4.78 is 17.0. The van der Waals surface area contributed by atoms with Crippen LogP contribution in [0.25, 0.3) is 0 Å². The Morgan fingerprint density at radius 2 is 1.89 bits per heavy atom. The molecule has 0 fully saturated rings. The van der Waals surface area contributed by atoms with Gasteiger partial charge in [0.1, 0.15) is 12.4 Å². The van der Waals surface area contributed by atoms with Crippen molar-refractivity contribution in [3.05, 3.63) is 47.3 Å². The fraction of sp³-hybridized carbons (Fsp3) is 0.476. The van der Waals surface area contributed by atoms with Gasteiger partial charge in [-0.15, -0.1) is 0 Å². The molecule has 1 aliphatic rings. The summed E-state index contributed by atoms with van der Waals surface area (Å²) in [5.74, 6) is 2.16. The molecule has 0 spiro atoms. The molecule has 2 aromatic rings. The summed E-state index contributed by atoms with van der Waals surface area (Å²) in [6, 6.07) is 7.99. The van der Waals surface area contributed by atoms with E-state index in [0.717, 1.165) is 48.7 Å². The zero-order chi connectivity index (χ0) is 19.2. The van der Waals surface area contributed by atoms with Crippen LogP contribution in [0.3, 0.4) is 0 Å². The third-order valence-corrected chi connectivity index (χ3v) is 5.10. The number of methoxy groups -OCH3 is 2. The molecule has 0 saturated heterocycles. The minimum atomic E-state index is -0.0124. The quantitative estimate of drug-likeness (QED) is 0.770. The van der Waals surface area contributed by atoms with E-state index in [9.17, 15) is 0 Å². The summed E-state index contributed by atoms with van der Waals surface area (Å²) >= 11 is 0. The summed E-state index contributed by atoms with van der Waals surface area (Å²) in [6.07, 6.45) is 1.81. The molecular weight excluding hydrogens is 342 g/mol. The molecule has 0 aliphatic carbocycles. The van der Waals surface area contributed by atoms with Crippen molar-refractivity contribution in [3.63, 3.8) is 0 Å². The van der Waals surface area contributed by atoms with Gasteiger partial charge in [-0.05, 0) is 30.8 Å². The summed E-state index contributed by atoms with van der Waals surface area (Å²) in [4.78, 5) is 6.94. The van der Waals surface area contributed by atoms with Crippen LogP contribution in [-0.4, -0.2) is 50.3 Å². The summed E-state index contributed by atoms with van der Waals surface area (Å²) in [7, 11) is 3.29. The van der Waals surface area contributed by atoms with Crippen LogP contribution < -0.4 is 19.5 Å². The molecule has 0 radical (unpaired) electrons. The van der Waals surface area contributed by atoms with Gasteiger partial charge < -0.3 is 24.4 Å². The third-order valence-electron chi connectivity index (χ3n) is 5.10. The lowest BCUT2D eigenvalue weighted by molar-refractivity contribution is 0.294. The minimum Gasteiger partial charge on any atom is -0.493 e. The summed E-state index contributed by atoms with van der Waals surface area (Å²) in [5, 5.41) is 3.70. The lowest BCUT2D eigenvalue weighted by Crippen LogP contribution is -2.34. The highest BCUT2D eigenvalue weighted by Gasteiger charge is 2.27. The van der Waals surface area contributed by atoms with Crippen LogP contribution in [0, 0.1) is 0 Å². The lowest BCUT2D eigenvalue weighted by atomic mass is 9.97. The first kappa shape index (κ1) is 19.5. The van der Waals surface area contributed by atoms with Crippen molar-refractivity contribution in [1.29, 1.82) is 0 Å². The first-order valence-electron chi connectivity index (χ1n) is 9.50. The first-order chi connectivity index (χ1) is 13.2. The number of nitrogens with one attached hydrogen (secondary N) is 1. The van der Waals surface area contributed by atoms with E-state index in [-0.39, 0.29) is 6.04 Å². The summed E-state index contributed by atoms with van der Waals surface area (Å²) in [6.45, 7) is 8.77. The second-order valence-electron chi connectivity index (χ2n) is 6.49. The zero-order valence-electron chi connectivity index (χ0n) is 16.6. The number of nitrogens with zero attached hydrogens (tertiary/aromatic N) is 2. The number of pyridine rings is 1. The first-order valence-corrected chi connectivity index (χ1v) is 9.50. The Hall–Kier alpha value is -2.31. The molecule has 1 aromatic carbocycles. The van der Waals surface area contributed by atoms with E-state index in [0.29, 0.717) is 18.1 Å². The third kappa shape index (κ3) is 4.17. The number of benzene rings is 1. The van der Waals surface area contributed by atoms with Gasteiger partial charge in [-0.1, -0.05) is 19.9 Å². The standard InChI is InChI=1S/C21H29N3O3/c1-5-24(6-2)11-10-23-21-15-8-7-9-22-17(15)14-27-18-13-20(26-4)19(25-3)12-16(18)21/h7-9,12-13,21,23H,5-6,10-11,14H2,1-4H3. The molecule has 6 nitrogen and oxygen atoms in total.